The number of benzene rings is 1. The molecule has 0 radical (unpaired) electrons. The maximum absolute atomic E-state index is 12.3. The van der Waals surface area contributed by atoms with E-state index in [9.17, 15) is 9.18 Å². The maximum Gasteiger partial charge on any atom is 0.410 e. The van der Waals surface area contributed by atoms with E-state index in [1.807, 2.05) is 30.3 Å². The van der Waals surface area contributed by atoms with E-state index < -0.39 is 18.8 Å². The Morgan fingerprint density at radius 1 is 1.44 bits per heavy atom. The number of hydrogen-bond acceptors (Lipinski definition) is 2. The van der Waals surface area contributed by atoms with Crippen molar-refractivity contribution in [1.29, 1.82) is 0 Å². The van der Waals surface area contributed by atoms with E-state index in [2.05, 4.69) is 0 Å². The number of hydrogen-bond donors (Lipinski definition) is 0. The molecule has 0 aromatic heterocycles. The monoisotopic (exact) mass is 225 g/mol. The largest absolute Gasteiger partial charge is 0.445 e. The van der Waals surface area contributed by atoms with Crippen LogP contribution in [-0.4, -0.2) is 30.8 Å². The Balaban J connectivity index is 2.41. The molecule has 0 spiro atoms. The zero-order valence-corrected chi connectivity index (χ0v) is 9.52. The molecular weight excluding hydrogens is 209 g/mol. The predicted octanol–water partition coefficient (Wildman–Crippen LogP) is 2.61. The molecule has 0 bridgehead atoms. The van der Waals surface area contributed by atoms with Crippen LogP contribution in [0.15, 0.2) is 30.3 Å². The minimum absolute atomic E-state index is 0.211. The van der Waals surface area contributed by atoms with Crippen molar-refractivity contribution < 1.29 is 13.9 Å². The van der Waals surface area contributed by atoms with Gasteiger partial charge in [0.25, 0.3) is 0 Å². The van der Waals surface area contributed by atoms with Crippen LogP contribution in [0.1, 0.15) is 12.5 Å². The highest BCUT2D eigenvalue weighted by molar-refractivity contribution is 5.67. The highest BCUT2D eigenvalue weighted by Crippen LogP contribution is 2.04. The molecule has 0 heterocycles. The average Bonchev–Trinajstić information content (AvgIpc) is 2.35. The molecule has 0 aliphatic heterocycles. The third-order valence-corrected chi connectivity index (χ3v) is 2.38. The van der Waals surface area contributed by atoms with Crippen LogP contribution < -0.4 is 0 Å². The quantitative estimate of drug-likeness (QED) is 0.788. The normalized spacial score (nSPS) is 11.9. The fourth-order valence-corrected chi connectivity index (χ4v) is 1.10. The zero-order chi connectivity index (χ0) is 12.0. The van der Waals surface area contributed by atoms with Crippen molar-refractivity contribution >= 4 is 6.09 Å². The summed E-state index contributed by atoms with van der Waals surface area (Å²) in [6.45, 7) is 1.27. The molecule has 4 heteroatoms. The molecule has 1 aromatic rings. The van der Waals surface area contributed by atoms with Gasteiger partial charge in [0.05, 0.1) is 6.04 Å². The van der Waals surface area contributed by atoms with Gasteiger partial charge in [-0.25, -0.2) is 9.18 Å². The minimum Gasteiger partial charge on any atom is -0.445 e. The van der Waals surface area contributed by atoms with Gasteiger partial charge in [0.15, 0.2) is 0 Å². The smallest absolute Gasteiger partial charge is 0.410 e. The Hall–Kier alpha value is -1.58. The van der Waals surface area contributed by atoms with E-state index in [0.717, 1.165) is 5.56 Å². The van der Waals surface area contributed by atoms with E-state index in [0.29, 0.717) is 0 Å². The molecule has 16 heavy (non-hydrogen) atoms. The van der Waals surface area contributed by atoms with Crippen LogP contribution >= 0.6 is 0 Å². The molecule has 0 saturated heterocycles. The van der Waals surface area contributed by atoms with Crippen LogP contribution in [-0.2, 0) is 11.3 Å². The Labute approximate surface area is 94.8 Å². The van der Waals surface area contributed by atoms with Crippen LogP contribution in [0, 0.1) is 0 Å². The standard InChI is InChI=1S/C12H16FNO2/c1-10(8-13)14(2)12(15)16-9-11-6-4-3-5-7-11/h3-7,10H,8-9H2,1-2H3/t10-/m0/s1. The SMILES string of the molecule is C[C@@H](CF)N(C)C(=O)OCc1ccccc1. The third kappa shape index (κ3) is 3.53. The summed E-state index contributed by atoms with van der Waals surface area (Å²) >= 11 is 0. The van der Waals surface area contributed by atoms with Crippen LogP contribution in [0.3, 0.4) is 0 Å². The first kappa shape index (κ1) is 12.5. The minimum atomic E-state index is -0.572. The summed E-state index contributed by atoms with van der Waals surface area (Å²) in [5.74, 6) is 0. The Morgan fingerprint density at radius 2 is 2.06 bits per heavy atom. The van der Waals surface area contributed by atoms with Crippen LogP contribution in [0.25, 0.3) is 0 Å². The van der Waals surface area contributed by atoms with E-state index in [-0.39, 0.29) is 6.61 Å². The predicted molar refractivity (Wildman–Crippen MR) is 59.8 cm³/mol. The number of carbonyl (C=O) groups is 1. The zero-order valence-electron chi connectivity index (χ0n) is 9.52. The van der Waals surface area contributed by atoms with Gasteiger partial charge < -0.3 is 9.64 Å². The second-order valence-electron chi connectivity index (χ2n) is 3.65. The van der Waals surface area contributed by atoms with Gasteiger partial charge in [-0.15, -0.1) is 0 Å². The molecule has 1 aromatic carbocycles. The summed E-state index contributed by atoms with van der Waals surface area (Å²) in [5.41, 5.74) is 0.914. The third-order valence-electron chi connectivity index (χ3n) is 2.38. The maximum atomic E-state index is 12.3. The fraction of sp³-hybridized carbons (Fsp3) is 0.417. The number of rotatable bonds is 4. The molecule has 0 fully saturated rings. The van der Waals surface area contributed by atoms with Crippen LogP contribution in [0.2, 0.25) is 0 Å². The molecule has 0 aliphatic rings. The Bertz CT molecular complexity index is 329. The summed E-state index contributed by atoms with van der Waals surface area (Å²) in [7, 11) is 1.53. The molecule has 0 saturated carbocycles. The van der Waals surface area contributed by atoms with Gasteiger partial charge in [-0.2, -0.15) is 0 Å². The van der Waals surface area contributed by atoms with Crippen molar-refractivity contribution in [2.75, 3.05) is 13.7 Å². The lowest BCUT2D eigenvalue weighted by atomic mass is 10.2. The van der Waals surface area contributed by atoms with Crippen LogP contribution in [0.5, 0.6) is 0 Å². The molecule has 1 atom stereocenters. The van der Waals surface area contributed by atoms with Gasteiger partial charge >= 0.3 is 6.09 Å². The molecule has 0 aliphatic carbocycles. The summed E-state index contributed by atoms with van der Waals surface area (Å²) in [5, 5.41) is 0. The first-order chi connectivity index (χ1) is 7.65. The summed E-state index contributed by atoms with van der Waals surface area (Å²) < 4.78 is 17.3. The molecule has 3 nitrogen and oxygen atoms in total. The van der Waals surface area contributed by atoms with Crippen molar-refractivity contribution in [3.63, 3.8) is 0 Å². The van der Waals surface area contributed by atoms with Gasteiger partial charge in [-0.05, 0) is 12.5 Å². The Kier molecular flexibility index (Phi) is 4.76. The Morgan fingerprint density at radius 3 is 2.62 bits per heavy atom. The molecule has 0 unspecified atom stereocenters. The number of alkyl halides is 1. The molecular formula is C12H16FNO2. The second-order valence-corrected chi connectivity index (χ2v) is 3.65. The highest BCUT2D eigenvalue weighted by Gasteiger charge is 2.16. The van der Waals surface area contributed by atoms with Crippen molar-refractivity contribution in [3.8, 4) is 0 Å². The van der Waals surface area contributed by atoms with Crippen molar-refractivity contribution in [2.24, 2.45) is 0 Å². The van der Waals surface area contributed by atoms with Gasteiger partial charge in [-0.1, -0.05) is 30.3 Å². The average molecular weight is 225 g/mol. The fourth-order valence-electron chi connectivity index (χ4n) is 1.10. The second kappa shape index (κ2) is 6.10. The highest BCUT2D eigenvalue weighted by atomic mass is 19.1. The number of halogens is 1. The van der Waals surface area contributed by atoms with Gasteiger partial charge in [0.1, 0.15) is 13.3 Å². The summed E-state index contributed by atoms with van der Waals surface area (Å²) in [6, 6.07) is 8.91. The molecule has 88 valence electrons. The van der Waals surface area contributed by atoms with Crippen LogP contribution in [0.4, 0.5) is 9.18 Å². The van der Waals surface area contributed by atoms with Crippen molar-refractivity contribution in [1.82, 2.24) is 4.90 Å². The number of carbonyl (C=O) groups excluding carboxylic acids is 1. The first-order valence-corrected chi connectivity index (χ1v) is 5.14. The van der Waals surface area contributed by atoms with Crippen molar-refractivity contribution in [3.05, 3.63) is 35.9 Å². The van der Waals surface area contributed by atoms with Gasteiger partial charge in [0.2, 0.25) is 0 Å². The van der Waals surface area contributed by atoms with E-state index >= 15 is 0 Å². The van der Waals surface area contributed by atoms with Gasteiger partial charge in [-0.3, -0.25) is 0 Å². The summed E-state index contributed by atoms with van der Waals surface area (Å²) in [4.78, 5) is 12.7. The molecule has 1 rings (SSSR count). The molecule has 0 N–H and O–H groups in total. The number of nitrogens with zero attached hydrogens (tertiary/aromatic N) is 1. The van der Waals surface area contributed by atoms with Crippen molar-refractivity contribution in [2.45, 2.75) is 19.6 Å². The lowest BCUT2D eigenvalue weighted by molar-refractivity contribution is 0.0889. The number of ether oxygens (including phenoxy) is 1. The lowest BCUT2D eigenvalue weighted by Crippen LogP contribution is -2.36. The topological polar surface area (TPSA) is 29.5 Å². The summed E-state index contributed by atoms with van der Waals surface area (Å²) in [6.07, 6.45) is -0.506. The van der Waals surface area contributed by atoms with E-state index in [1.165, 1.54) is 11.9 Å². The van der Waals surface area contributed by atoms with E-state index in [4.69, 9.17) is 4.74 Å². The number of amides is 1. The van der Waals surface area contributed by atoms with Gasteiger partial charge in [0, 0.05) is 7.05 Å². The lowest BCUT2D eigenvalue weighted by Gasteiger charge is -2.21. The van der Waals surface area contributed by atoms with E-state index in [1.54, 1.807) is 6.92 Å². The first-order valence-electron chi connectivity index (χ1n) is 5.14. The molecule has 1 amide bonds.